The number of methoxy groups -OCH3 is 1. The Balaban J connectivity index is 1.58. The average Bonchev–Trinajstić information content (AvgIpc) is 3.10. The number of likely N-dealkylation sites (tertiary alicyclic amines) is 1. The van der Waals surface area contributed by atoms with Gasteiger partial charge < -0.3 is 9.64 Å². The molecule has 0 aliphatic carbocycles. The van der Waals surface area contributed by atoms with E-state index in [1.165, 1.54) is 5.56 Å². The molecule has 0 atom stereocenters. The van der Waals surface area contributed by atoms with Crippen LogP contribution in [0.25, 0.3) is 0 Å². The summed E-state index contributed by atoms with van der Waals surface area (Å²) in [6.45, 7) is 3.60. The zero-order valence-electron chi connectivity index (χ0n) is 14.2. The number of ether oxygens (including phenoxy) is 1. The van der Waals surface area contributed by atoms with Gasteiger partial charge in [0.2, 0.25) is 5.91 Å². The van der Waals surface area contributed by atoms with Crippen molar-refractivity contribution < 1.29 is 9.53 Å². The van der Waals surface area contributed by atoms with Crippen LogP contribution in [0.15, 0.2) is 24.3 Å². The third kappa shape index (κ3) is 3.93. The molecule has 0 saturated carbocycles. The highest BCUT2D eigenvalue weighted by Gasteiger charge is 2.25. The van der Waals surface area contributed by atoms with E-state index < -0.39 is 0 Å². The molecule has 0 bridgehead atoms. The molecule has 128 valence electrons. The molecule has 0 unspecified atom stereocenters. The topological polar surface area (TPSA) is 55.3 Å². The quantitative estimate of drug-likeness (QED) is 0.835. The smallest absolute Gasteiger partial charge is 0.222 e. The Bertz CT molecular complexity index is 676. The summed E-state index contributed by atoms with van der Waals surface area (Å²) >= 11 is 1.70. The first-order valence-electron chi connectivity index (χ1n) is 8.42. The van der Waals surface area contributed by atoms with Crippen LogP contribution in [0.3, 0.4) is 0 Å². The monoisotopic (exact) mass is 345 g/mol. The summed E-state index contributed by atoms with van der Waals surface area (Å²) in [5, 5.41) is 10.9. The molecule has 0 N–H and O–H groups in total. The van der Waals surface area contributed by atoms with Crippen LogP contribution in [0.2, 0.25) is 0 Å². The number of hydrogen-bond acceptors (Lipinski definition) is 5. The maximum atomic E-state index is 11.8. The molecule has 1 aliphatic heterocycles. The fourth-order valence-electron chi connectivity index (χ4n) is 3.02. The molecule has 1 amide bonds. The van der Waals surface area contributed by atoms with E-state index in [1.54, 1.807) is 18.4 Å². The number of carbonyl (C=O) groups excluding carboxylic acids is 1. The summed E-state index contributed by atoms with van der Waals surface area (Å²) < 4.78 is 5.18. The van der Waals surface area contributed by atoms with Crippen molar-refractivity contribution in [2.24, 2.45) is 0 Å². The van der Waals surface area contributed by atoms with Crippen molar-refractivity contribution in [2.45, 2.75) is 38.5 Å². The summed E-state index contributed by atoms with van der Waals surface area (Å²) in [6, 6.07) is 8.07. The number of rotatable bonds is 5. The molecule has 6 heteroatoms. The van der Waals surface area contributed by atoms with Crippen molar-refractivity contribution in [3.05, 3.63) is 39.8 Å². The summed E-state index contributed by atoms with van der Waals surface area (Å²) in [5.41, 5.74) is 1.21. The molecule has 0 spiro atoms. The Morgan fingerprint density at radius 2 is 1.96 bits per heavy atom. The van der Waals surface area contributed by atoms with Crippen molar-refractivity contribution in [1.82, 2.24) is 15.1 Å². The molecule has 1 aliphatic rings. The highest BCUT2D eigenvalue weighted by Crippen LogP contribution is 2.31. The maximum Gasteiger partial charge on any atom is 0.222 e. The van der Waals surface area contributed by atoms with E-state index in [0.717, 1.165) is 48.1 Å². The van der Waals surface area contributed by atoms with Crippen molar-refractivity contribution >= 4 is 17.2 Å². The van der Waals surface area contributed by atoms with E-state index in [-0.39, 0.29) is 5.91 Å². The van der Waals surface area contributed by atoms with Crippen LogP contribution < -0.4 is 4.74 Å². The second kappa shape index (κ2) is 7.75. The van der Waals surface area contributed by atoms with E-state index in [9.17, 15) is 4.79 Å². The zero-order valence-corrected chi connectivity index (χ0v) is 15.0. The summed E-state index contributed by atoms with van der Waals surface area (Å²) in [4.78, 5) is 13.7. The van der Waals surface area contributed by atoms with Crippen molar-refractivity contribution in [3.63, 3.8) is 0 Å². The molecule has 5 nitrogen and oxygen atoms in total. The van der Waals surface area contributed by atoms with Crippen LogP contribution >= 0.6 is 11.3 Å². The van der Waals surface area contributed by atoms with Gasteiger partial charge in [-0.3, -0.25) is 4.79 Å². The van der Waals surface area contributed by atoms with Crippen LogP contribution in [-0.4, -0.2) is 41.2 Å². The molecular formula is C18H23N3O2S. The fourth-order valence-corrected chi connectivity index (χ4v) is 4.07. The number of hydrogen-bond donors (Lipinski definition) is 0. The van der Waals surface area contributed by atoms with Crippen molar-refractivity contribution in [2.75, 3.05) is 20.2 Å². The van der Waals surface area contributed by atoms with Crippen LogP contribution in [0.1, 0.15) is 47.7 Å². The van der Waals surface area contributed by atoms with Crippen LogP contribution in [-0.2, 0) is 11.2 Å². The first kappa shape index (κ1) is 16.9. The van der Waals surface area contributed by atoms with Gasteiger partial charge in [-0.1, -0.05) is 19.1 Å². The summed E-state index contributed by atoms with van der Waals surface area (Å²) in [7, 11) is 1.67. The van der Waals surface area contributed by atoms with Gasteiger partial charge in [0, 0.05) is 31.8 Å². The Morgan fingerprint density at radius 3 is 2.58 bits per heavy atom. The highest BCUT2D eigenvalue weighted by molar-refractivity contribution is 7.11. The van der Waals surface area contributed by atoms with Crippen molar-refractivity contribution in [3.8, 4) is 5.75 Å². The molecule has 1 aromatic heterocycles. The molecule has 0 radical (unpaired) electrons. The summed E-state index contributed by atoms with van der Waals surface area (Å²) in [5.74, 6) is 1.56. The van der Waals surface area contributed by atoms with Crippen LogP contribution in [0.5, 0.6) is 5.75 Å². The first-order valence-corrected chi connectivity index (χ1v) is 9.24. The molecule has 1 fully saturated rings. The van der Waals surface area contributed by atoms with E-state index in [0.29, 0.717) is 12.3 Å². The van der Waals surface area contributed by atoms with E-state index in [4.69, 9.17) is 4.74 Å². The third-order valence-corrected chi connectivity index (χ3v) is 5.58. The number of aromatic nitrogens is 2. The number of carbonyl (C=O) groups is 1. The van der Waals surface area contributed by atoms with Gasteiger partial charge in [-0.25, -0.2) is 0 Å². The fraction of sp³-hybridized carbons (Fsp3) is 0.500. The summed E-state index contributed by atoms with van der Waals surface area (Å²) in [6.07, 6.45) is 3.37. The Labute approximate surface area is 146 Å². The lowest BCUT2D eigenvalue weighted by Crippen LogP contribution is -2.37. The number of piperidine rings is 1. The van der Waals surface area contributed by atoms with Gasteiger partial charge in [0.25, 0.3) is 0 Å². The lowest BCUT2D eigenvalue weighted by molar-refractivity contribution is -0.131. The Hall–Kier alpha value is -1.95. The SMILES string of the molecule is CCC(=O)N1CCC(c2nnc(Cc3ccc(OC)cc3)s2)CC1. The third-order valence-electron chi connectivity index (χ3n) is 4.50. The normalized spacial score (nSPS) is 15.5. The predicted molar refractivity (Wildman–Crippen MR) is 94.6 cm³/mol. The number of amides is 1. The Morgan fingerprint density at radius 1 is 1.25 bits per heavy atom. The van der Waals surface area contributed by atoms with Gasteiger partial charge in [-0.05, 0) is 30.5 Å². The van der Waals surface area contributed by atoms with Gasteiger partial charge in [0.15, 0.2) is 0 Å². The van der Waals surface area contributed by atoms with Gasteiger partial charge >= 0.3 is 0 Å². The molecule has 2 heterocycles. The second-order valence-electron chi connectivity index (χ2n) is 6.07. The van der Waals surface area contributed by atoms with E-state index >= 15 is 0 Å². The minimum Gasteiger partial charge on any atom is -0.497 e. The highest BCUT2D eigenvalue weighted by atomic mass is 32.1. The van der Waals surface area contributed by atoms with Crippen LogP contribution in [0.4, 0.5) is 0 Å². The van der Waals surface area contributed by atoms with Gasteiger partial charge in [-0.15, -0.1) is 21.5 Å². The molecule has 3 rings (SSSR count). The Kier molecular flexibility index (Phi) is 5.45. The van der Waals surface area contributed by atoms with Crippen molar-refractivity contribution in [1.29, 1.82) is 0 Å². The lowest BCUT2D eigenvalue weighted by atomic mass is 9.97. The van der Waals surface area contributed by atoms with E-state index in [1.807, 2.05) is 24.0 Å². The number of nitrogens with zero attached hydrogens (tertiary/aromatic N) is 3. The van der Waals surface area contributed by atoms with E-state index in [2.05, 4.69) is 22.3 Å². The second-order valence-corrected chi connectivity index (χ2v) is 7.16. The minimum atomic E-state index is 0.255. The molecule has 1 saturated heterocycles. The first-order chi connectivity index (χ1) is 11.7. The van der Waals surface area contributed by atoms with Gasteiger partial charge in [-0.2, -0.15) is 0 Å². The maximum absolute atomic E-state index is 11.8. The lowest BCUT2D eigenvalue weighted by Gasteiger charge is -2.30. The minimum absolute atomic E-state index is 0.255. The average molecular weight is 345 g/mol. The molecule has 2 aromatic rings. The zero-order chi connectivity index (χ0) is 16.9. The molecule has 1 aromatic carbocycles. The largest absolute Gasteiger partial charge is 0.497 e. The standard InChI is InChI=1S/C18H23N3O2S/c1-3-17(22)21-10-8-14(9-11-21)18-20-19-16(24-18)12-13-4-6-15(23-2)7-5-13/h4-7,14H,3,8-12H2,1-2H3. The molecule has 24 heavy (non-hydrogen) atoms. The van der Waals surface area contributed by atoms with Crippen LogP contribution in [0, 0.1) is 0 Å². The number of benzene rings is 1. The van der Waals surface area contributed by atoms with Gasteiger partial charge in [0.1, 0.15) is 15.8 Å². The van der Waals surface area contributed by atoms with Gasteiger partial charge in [0.05, 0.1) is 7.11 Å². The molecular weight excluding hydrogens is 322 g/mol. The predicted octanol–water partition coefficient (Wildman–Crippen LogP) is 3.25.